The van der Waals surface area contributed by atoms with Gasteiger partial charge in [-0.2, -0.15) is 0 Å². The van der Waals surface area contributed by atoms with Crippen LogP contribution in [0.4, 0.5) is 0 Å². The van der Waals surface area contributed by atoms with E-state index >= 15 is 0 Å². The number of carbonyl (C=O) groups is 3. The Kier molecular flexibility index (Phi) is 8.88. The number of ether oxygens (including phenoxy) is 2. The van der Waals surface area contributed by atoms with Gasteiger partial charge in [0.15, 0.2) is 12.2 Å². The summed E-state index contributed by atoms with van der Waals surface area (Å²) < 4.78 is 13.1. The number of nitrogens with zero attached hydrogens (tertiary/aromatic N) is 5. The Morgan fingerprint density at radius 3 is 2.33 bits per heavy atom. The first-order valence-electron chi connectivity index (χ1n) is 12.2. The maximum absolute atomic E-state index is 14.1. The van der Waals surface area contributed by atoms with Crippen LogP contribution in [0.5, 0.6) is 0 Å². The lowest BCUT2D eigenvalue weighted by molar-refractivity contribution is -0.164. The SMILES string of the molecule is CO[C@H]1C(=O)N2C(C(=O)OC(c3ccccc3)c3ccccc3)=C(CSc3nnnn3C)C(NC(=O)CBr)SC12. The van der Waals surface area contributed by atoms with Crippen LogP contribution in [0.25, 0.3) is 0 Å². The predicted molar refractivity (Wildman–Crippen MR) is 152 cm³/mol. The first-order valence-corrected chi connectivity index (χ1v) is 15.2. The van der Waals surface area contributed by atoms with Crippen molar-refractivity contribution < 1.29 is 23.9 Å². The lowest BCUT2D eigenvalue weighted by Gasteiger charge is -2.51. The molecule has 208 valence electrons. The van der Waals surface area contributed by atoms with E-state index in [2.05, 4.69) is 36.8 Å². The Morgan fingerprint density at radius 2 is 1.77 bits per heavy atom. The molecule has 1 aromatic heterocycles. The second-order valence-electron chi connectivity index (χ2n) is 8.83. The molecule has 2 aliphatic rings. The lowest BCUT2D eigenvalue weighted by atomic mass is 10.0. The third-order valence-corrected chi connectivity index (χ3v) is 9.34. The standard InChI is InChI=1S/C26H25BrN6O5S2/c1-32-26(29-30-31-32)39-14-17-19(33-23(35)21(37-2)24(33)40-22(17)28-18(34)13-27)25(36)38-20(15-9-5-3-6-10-15)16-11-7-4-8-12-16/h3-12,20-22,24H,13-14H2,1-2H3,(H,28,34)/t21-,22?,24?/m0/s1. The van der Waals surface area contributed by atoms with Gasteiger partial charge in [0, 0.05) is 25.5 Å². The van der Waals surface area contributed by atoms with Gasteiger partial charge < -0.3 is 14.8 Å². The Balaban J connectivity index is 1.57. The average molecular weight is 646 g/mol. The molecule has 0 aliphatic carbocycles. The fourth-order valence-electron chi connectivity index (χ4n) is 4.44. The van der Waals surface area contributed by atoms with Crippen LogP contribution in [0.3, 0.4) is 0 Å². The third kappa shape index (κ3) is 5.66. The molecule has 2 aliphatic heterocycles. The van der Waals surface area contributed by atoms with Gasteiger partial charge >= 0.3 is 5.97 Å². The number of hydrogen-bond acceptors (Lipinski definition) is 10. The summed E-state index contributed by atoms with van der Waals surface area (Å²) in [4.78, 5) is 41.2. The average Bonchev–Trinajstić information content (AvgIpc) is 3.39. The van der Waals surface area contributed by atoms with Crippen molar-refractivity contribution in [2.45, 2.75) is 28.1 Å². The van der Waals surface area contributed by atoms with E-state index in [-0.39, 0.29) is 28.6 Å². The van der Waals surface area contributed by atoms with Gasteiger partial charge in [-0.15, -0.1) is 16.9 Å². The summed E-state index contributed by atoms with van der Waals surface area (Å²) in [5.41, 5.74) is 2.15. The van der Waals surface area contributed by atoms with Crippen molar-refractivity contribution in [1.82, 2.24) is 30.4 Å². The monoisotopic (exact) mass is 644 g/mol. The molecule has 11 nitrogen and oxygen atoms in total. The predicted octanol–water partition coefficient (Wildman–Crippen LogP) is 2.66. The van der Waals surface area contributed by atoms with Crippen LogP contribution in [0.2, 0.25) is 0 Å². The maximum Gasteiger partial charge on any atom is 0.356 e. The third-order valence-electron chi connectivity index (χ3n) is 6.36. The molecule has 2 unspecified atom stereocenters. The molecule has 14 heteroatoms. The summed E-state index contributed by atoms with van der Waals surface area (Å²) in [7, 11) is 3.15. The van der Waals surface area contributed by atoms with Crippen molar-refractivity contribution in [2.75, 3.05) is 18.2 Å². The largest absolute Gasteiger partial charge is 0.448 e. The van der Waals surface area contributed by atoms with Gasteiger partial charge in [-0.25, -0.2) is 9.48 Å². The molecule has 3 atom stereocenters. The van der Waals surface area contributed by atoms with E-state index in [0.717, 1.165) is 11.1 Å². The Morgan fingerprint density at radius 1 is 1.12 bits per heavy atom. The van der Waals surface area contributed by atoms with Gasteiger partial charge in [0.2, 0.25) is 11.1 Å². The minimum absolute atomic E-state index is 0.0720. The highest BCUT2D eigenvalue weighted by atomic mass is 79.9. The molecule has 0 spiro atoms. The van der Waals surface area contributed by atoms with Crippen LogP contribution in [0, 0.1) is 0 Å². The lowest BCUT2D eigenvalue weighted by Crippen LogP contribution is -2.67. The molecule has 0 bridgehead atoms. The number of aromatic nitrogens is 4. The molecule has 0 radical (unpaired) electrons. The summed E-state index contributed by atoms with van der Waals surface area (Å²) in [6, 6.07) is 18.8. The van der Waals surface area contributed by atoms with Crippen molar-refractivity contribution >= 4 is 57.2 Å². The number of nitrogens with one attached hydrogen (secondary N) is 1. The smallest absolute Gasteiger partial charge is 0.356 e. The molecular weight excluding hydrogens is 620 g/mol. The highest BCUT2D eigenvalue weighted by Gasteiger charge is 2.56. The molecule has 2 amide bonds. The van der Waals surface area contributed by atoms with Crippen LogP contribution < -0.4 is 5.32 Å². The quantitative estimate of drug-likeness (QED) is 0.152. The van der Waals surface area contributed by atoms with Crippen molar-refractivity contribution in [1.29, 1.82) is 0 Å². The van der Waals surface area contributed by atoms with E-state index in [1.165, 1.54) is 40.2 Å². The summed E-state index contributed by atoms with van der Waals surface area (Å²) in [6.07, 6.45) is -1.48. The van der Waals surface area contributed by atoms with E-state index in [1.54, 1.807) is 7.05 Å². The number of halogens is 1. The first kappa shape index (κ1) is 28.3. The molecular formula is C26H25BrN6O5S2. The highest BCUT2D eigenvalue weighted by molar-refractivity contribution is 9.09. The molecule has 2 aromatic carbocycles. The molecule has 1 fully saturated rings. The van der Waals surface area contributed by atoms with E-state index < -0.39 is 28.9 Å². The second-order valence-corrected chi connectivity index (χ2v) is 11.6. The number of amides is 2. The number of hydrogen-bond donors (Lipinski definition) is 1. The number of thioether (sulfide) groups is 2. The molecule has 1 saturated heterocycles. The number of esters is 1. The summed E-state index contributed by atoms with van der Waals surface area (Å²) in [6.45, 7) is 0. The van der Waals surface area contributed by atoms with Crippen LogP contribution in [-0.4, -0.2) is 77.9 Å². The van der Waals surface area contributed by atoms with Crippen LogP contribution in [0.15, 0.2) is 77.1 Å². The number of fused-ring (bicyclic) bond motifs is 1. The zero-order valence-corrected chi connectivity index (χ0v) is 24.7. The molecule has 0 saturated carbocycles. The minimum Gasteiger partial charge on any atom is -0.448 e. The summed E-state index contributed by atoms with van der Waals surface area (Å²) >= 11 is 5.81. The Labute approximate surface area is 247 Å². The number of benzene rings is 2. The molecule has 3 aromatic rings. The van der Waals surface area contributed by atoms with Crippen molar-refractivity contribution in [3.8, 4) is 0 Å². The molecule has 40 heavy (non-hydrogen) atoms. The summed E-state index contributed by atoms with van der Waals surface area (Å²) in [5.74, 6) is -1.09. The zero-order valence-electron chi connectivity index (χ0n) is 21.5. The van der Waals surface area contributed by atoms with Gasteiger partial charge in [0.1, 0.15) is 16.4 Å². The van der Waals surface area contributed by atoms with Gasteiger partial charge in [-0.1, -0.05) is 88.4 Å². The molecule has 1 N–H and O–H groups in total. The Bertz CT molecular complexity index is 1380. The van der Waals surface area contributed by atoms with E-state index in [9.17, 15) is 14.4 Å². The Hall–Kier alpha value is -3.20. The van der Waals surface area contributed by atoms with Crippen LogP contribution >= 0.6 is 39.5 Å². The number of methoxy groups -OCH3 is 1. The number of aryl methyl sites for hydroxylation is 1. The number of carbonyl (C=O) groups excluding carboxylic acids is 3. The van der Waals surface area contributed by atoms with E-state index in [4.69, 9.17) is 9.47 Å². The van der Waals surface area contributed by atoms with Crippen molar-refractivity contribution in [3.63, 3.8) is 0 Å². The minimum atomic E-state index is -0.757. The fourth-order valence-corrected chi connectivity index (χ4v) is 7.15. The van der Waals surface area contributed by atoms with Crippen LogP contribution in [0.1, 0.15) is 17.2 Å². The van der Waals surface area contributed by atoms with Gasteiger partial charge in [0.25, 0.3) is 5.91 Å². The van der Waals surface area contributed by atoms with Crippen molar-refractivity contribution in [3.05, 3.63) is 83.1 Å². The van der Waals surface area contributed by atoms with Crippen molar-refractivity contribution in [2.24, 2.45) is 7.05 Å². The number of β-lactam (4-membered cyclic amide) rings is 1. The number of rotatable bonds is 10. The maximum atomic E-state index is 14.1. The highest BCUT2D eigenvalue weighted by Crippen LogP contribution is 2.46. The zero-order chi connectivity index (χ0) is 28.2. The van der Waals surface area contributed by atoms with Gasteiger partial charge in [0.05, 0.1) is 5.33 Å². The van der Waals surface area contributed by atoms with E-state index in [1.807, 2.05) is 60.7 Å². The molecule has 5 rings (SSSR count). The molecule has 3 heterocycles. The number of tetrazole rings is 1. The van der Waals surface area contributed by atoms with Crippen LogP contribution in [-0.2, 0) is 30.9 Å². The van der Waals surface area contributed by atoms with Gasteiger partial charge in [-0.05, 0) is 21.6 Å². The fraction of sp³-hybridized carbons (Fsp3) is 0.308. The first-order chi connectivity index (χ1) is 19.4. The second kappa shape index (κ2) is 12.5. The number of alkyl halides is 1. The normalized spacial score (nSPS) is 20.2. The van der Waals surface area contributed by atoms with E-state index in [0.29, 0.717) is 10.7 Å². The topological polar surface area (TPSA) is 129 Å². The van der Waals surface area contributed by atoms with Gasteiger partial charge in [-0.3, -0.25) is 14.5 Å². The summed E-state index contributed by atoms with van der Waals surface area (Å²) in [5, 5.41) is 13.9.